The molecule has 0 radical (unpaired) electrons. The Morgan fingerprint density at radius 2 is 1.90 bits per heavy atom. The van der Waals surface area contributed by atoms with E-state index in [4.69, 9.17) is 22.7 Å². The molecule has 0 spiro atoms. The number of hydrogen-bond acceptors (Lipinski definition) is 4. The Labute approximate surface area is 128 Å². The van der Waals surface area contributed by atoms with E-state index in [0.717, 1.165) is 27.6 Å². The number of thiocarbonyl (C=S) groups is 1. The molecule has 0 saturated heterocycles. The fourth-order valence-electron chi connectivity index (χ4n) is 1.89. The molecule has 3 nitrogen and oxygen atoms in total. The molecule has 5 heteroatoms. The summed E-state index contributed by atoms with van der Waals surface area (Å²) in [5, 5.41) is 3.34. The lowest BCUT2D eigenvalue weighted by Gasteiger charge is -2.14. The van der Waals surface area contributed by atoms with Crippen molar-refractivity contribution in [3.8, 4) is 5.75 Å². The van der Waals surface area contributed by atoms with Crippen LogP contribution in [-0.2, 0) is 0 Å². The van der Waals surface area contributed by atoms with Gasteiger partial charge in [-0.1, -0.05) is 18.3 Å². The van der Waals surface area contributed by atoms with E-state index in [1.807, 2.05) is 48.7 Å². The van der Waals surface area contributed by atoms with Crippen molar-refractivity contribution in [2.75, 3.05) is 18.7 Å². The third kappa shape index (κ3) is 3.23. The summed E-state index contributed by atoms with van der Waals surface area (Å²) in [6.07, 6.45) is 2.01. The Hall–Kier alpha value is -1.72. The van der Waals surface area contributed by atoms with Crippen LogP contribution in [-0.4, -0.2) is 18.4 Å². The highest BCUT2D eigenvalue weighted by Gasteiger charge is 2.10. The number of hydrogen-bond donors (Lipinski definition) is 2. The average molecular weight is 304 g/mol. The monoisotopic (exact) mass is 304 g/mol. The fourth-order valence-corrected chi connectivity index (χ4v) is 2.81. The maximum Gasteiger partial charge on any atom is 0.119 e. The van der Waals surface area contributed by atoms with Crippen LogP contribution < -0.4 is 15.8 Å². The Balaban J connectivity index is 2.34. The molecule has 0 unspecified atom stereocenters. The molecule has 0 atom stereocenters. The van der Waals surface area contributed by atoms with Gasteiger partial charge in [0.15, 0.2) is 0 Å². The molecule has 0 heterocycles. The van der Waals surface area contributed by atoms with Gasteiger partial charge in [-0.2, -0.15) is 0 Å². The van der Waals surface area contributed by atoms with Gasteiger partial charge in [-0.25, -0.2) is 0 Å². The minimum Gasteiger partial charge on any atom is -0.497 e. The zero-order valence-corrected chi connectivity index (χ0v) is 13.0. The van der Waals surface area contributed by atoms with E-state index >= 15 is 0 Å². The maximum atomic E-state index is 5.85. The van der Waals surface area contributed by atoms with Crippen molar-refractivity contribution < 1.29 is 4.74 Å². The van der Waals surface area contributed by atoms with Crippen LogP contribution in [0.3, 0.4) is 0 Å². The van der Waals surface area contributed by atoms with Crippen molar-refractivity contribution in [1.29, 1.82) is 0 Å². The highest BCUT2D eigenvalue weighted by Crippen LogP contribution is 2.29. The number of benzene rings is 2. The predicted molar refractivity (Wildman–Crippen MR) is 90.4 cm³/mol. The lowest BCUT2D eigenvalue weighted by Crippen LogP contribution is -2.13. The number of methoxy groups -OCH3 is 1. The normalized spacial score (nSPS) is 10.1. The first-order chi connectivity index (χ1) is 9.65. The van der Waals surface area contributed by atoms with Crippen LogP contribution in [0.4, 0.5) is 11.4 Å². The van der Waals surface area contributed by atoms with Crippen LogP contribution in [0.25, 0.3) is 0 Å². The molecule has 2 aromatic carbocycles. The van der Waals surface area contributed by atoms with Crippen molar-refractivity contribution in [2.45, 2.75) is 4.90 Å². The van der Waals surface area contributed by atoms with Gasteiger partial charge in [0.1, 0.15) is 10.7 Å². The van der Waals surface area contributed by atoms with E-state index in [9.17, 15) is 0 Å². The summed E-state index contributed by atoms with van der Waals surface area (Å²) in [5.41, 5.74) is 8.60. The van der Waals surface area contributed by atoms with Gasteiger partial charge in [-0.3, -0.25) is 0 Å². The van der Waals surface area contributed by atoms with Crippen LogP contribution in [0.2, 0.25) is 0 Å². The summed E-state index contributed by atoms with van der Waals surface area (Å²) in [6, 6.07) is 13.7. The van der Waals surface area contributed by atoms with Crippen LogP contribution in [0, 0.1) is 0 Å². The lowest BCUT2D eigenvalue weighted by molar-refractivity contribution is 0.415. The molecular weight excluding hydrogens is 288 g/mol. The van der Waals surface area contributed by atoms with Crippen LogP contribution in [0.1, 0.15) is 5.56 Å². The molecule has 0 amide bonds. The van der Waals surface area contributed by atoms with Crippen molar-refractivity contribution in [1.82, 2.24) is 0 Å². The van der Waals surface area contributed by atoms with E-state index in [-0.39, 0.29) is 0 Å². The Morgan fingerprint density at radius 3 is 2.45 bits per heavy atom. The summed E-state index contributed by atoms with van der Waals surface area (Å²) in [6.45, 7) is 0. The molecule has 20 heavy (non-hydrogen) atoms. The number of rotatable bonds is 5. The first-order valence-corrected chi connectivity index (χ1v) is 7.67. The SMILES string of the molecule is COc1ccc(Nc2cccc(SC)c2C(N)=S)cc1. The summed E-state index contributed by atoms with van der Waals surface area (Å²) >= 11 is 6.79. The standard InChI is InChI=1S/C15H16N2OS2/c1-18-11-8-6-10(7-9-11)17-12-4-3-5-13(20-2)14(12)15(16)19/h3-9,17H,1-2H3,(H2,16,19). The summed E-state index contributed by atoms with van der Waals surface area (Å²) in [5.74, 6) is 0.822. The molecule has 2 rings (SSSR count). The first kappa shape index (κ1) is 14.7. The summed E-state index contributed by atoms with van der Waals surface area (Å²) in [7, 11) is 1.65. The molecule has 0 aromatic heterocycles. The smallest absolute Gasteiger partial charge is 0.119 e. The van der Waals surface area contributed by atoms with Crippen molar-refractivity contribution in [2.24, 2.45) is 5.73 Å². The minimum absolute atomic E-state index is 0.394. The second kappa shape index (κ2) is 6.63. The Bertz CT molecular complexity index is 612. The van der Waals surface area contributed by atoms with Gasteiger partial charge in [0.25, 0.3) is 0 Å². The summed E-state index contributed by atoms with van der Waals surface area (Å²) < 4.78 is 5.15. The lowest BCUT2D eigenvalue weighted by atomic mass is 10.1. The van der Waals surface area contributed by atoms with E-state index in [0.29, 0.717) is 4.99 Å². The zero-order valence-electron chi connectivity index (χ0n) is 11.3. The number of nitrogens with one attached hydrogen (secondary N) is 1. The molecule has 0 bridgehead atoms. The van der Waals surface area contributed by atoms with E-state index in [1.54, 1.807) is 18.9 Å². The Kier molecular flexibility index (Phi) is 4.87. The molecule has 0 aliphatic carbocycles. The second-order valence-corrected chi connectivity index (χ2v) is 5.39. The number of nitrogens with two attached hydrogens (primary N) is 1. The molecule has 0 saturated carbocycles. The fraction of sp³-hybridized carbons (Fsp3) is 0.133. The van der Waals surface area contributed by atoms with Gasteiger partial charge in [0.2, 0.25) is 0 Å². The highest BCUT2D eigenvalue weighted by molar-refractivity contribution is 7.98. The van der Waals surface area contributed by atoms with Crippen LogP contribution in [0.5, 0.6) is 5.75 Å². The second-order valence-electron chi connectivity index (χ2n) is 4.10. The summed E-state index contributed by atoms with van der Waals surface area (Å²) in [4.78, 5) is 1.46. The van der Waals surface area contributed by atoms with Gasteiger partial charge in [0.05, 0.1) is 7.11 Å². The number of thioether (sulfide) groups is 1. The van der Waals surface area contributed by atoms with Crippen LogP contribution in [0.15, 0.2) is 47.4 Å². The molecule has 3 N–H and O–H groups in total. The first-order valence-electron chi connectivity index (χ1n) is 6.03. The van der Waals surface area contributed by atoms with Gasteiger partial charge in [0, 0.05) is 21.8 Å². The van der Waals surface area contributed by atoms with Crippen molar-refractivity contribution in [3.05, 3.63) is 48.0 Å². The Morgan fingerprint density at radius 1 is 1.20 bits per heavy atom. The van der Waals surface area contributed by atoms with Crippen molar-refractivity contribution in [3.63, 3.8) is 0 Å². The third-order valence-corrected chi connectivity index (χ3v) is 3.85. The molecule has 0 aliphatic heterocycles. The number of ether oxygens (including phenoxy) is 1. The van der Waals surface area contributed by atoms with Gasteiger partial charge in [-0.05, 0) is 42.7 Å². The minimum atomic E-state index is 0.394. The predicted octanol–water partition coefficient (Wildman–Crippen LogP) is 3.79. The van der Waals surface area contributed by atoms with E-state index < -0.39 is 0 Å². The molecule has 0 fully saturated rings. The largest absolute Gasteiger partial charge is 0.497 e. The molecule has 104 valence electrons. The molecule has 2 aromatic rings. The molecular formula is C15H16N2OS2. The topological polar surface area (TPSA) is 47.3 Å². The van der Waals surface area contributed by atoms with E-state index in [2.05, 4.69) is 5.32 Å². The van der Waals surface area contributed by atoms with Gasteiger partial charge >= 0.3 is 0 Å². The zero-order chi connectivity index (χ0) is 14.5. The average Bonchev–Trinajstić information content (AvgIpc) is 2.47. The van der Waals surface area contributed by atoms with Gasteiger partial charge < -0.3 is 15.8 Å². The van der Waals surface area contributed by atoms with Gasteiger partial charge in [-0.15, -0.1) is 11.8 Å². The van der Waals surface area contributed by atoms with Crippen molar-refractivity contribution >= 4 is 40.3 Å². The van der Waals surface area contributed by atoms with E-state index in [1.165, 1.54) is 0 Å². The number of anilines is 2. The maximum absolute atomic E-state index is 5.85. The highest BCUT2D eigenvalue weighted by atomic mass is 32.2. The quantitative estimate of drug-likeness (QED) is 0.650. The van der Waals surface area contributed by atoms with Crippen LogP contribution >= 0.6 is 24.0 Å². The molecule has 0 aliphatic rings. The third-order valence-electron chi connectivity index (χ3n) is 2.86.